The summed E-state index contributed by atoms with van der Waals surface area (Å²) < 4.78 is 0. The molecule has 0 bridgehead atoms. The minimum absolute atomic E-state index is 0.368. The zero-order chi connectivity index (χ0) is 14.6. The molecule has 1 aliphatic carbocycles. The van der Waals surface area contributed by atoms with E-state index < -0.39 is 18.3 Å². The van der Waals surface area contributed by atoms with Crippen LogP contribution < -0.4 is 0 Å². The maximum absolute atomic E-state index is 10.2. The van der Waals surface area contributed by atoms with Gasteiger partial charge >= 0.3 is 0 Å². The van der Waals surface area contributed by atoms with E-state index in [9.17, 15) is 15.3 Å². The third kappa shape index (κ3) is 1.86. The lowest BCUT2D eigenvalue weighted by Gasteiger charge is -2.31. The van der Waals surface area contributed by atoms with Gasteiger partial charge in [0.25, 0.3) is 0 Å². The first-order valence-corrected chi connectivity index (χ1v) is 7.13. The summed E-state index contributed by atoms with van der Waals surface area (Å²) in [7, 11) is 0. The van der Waals surface area contributed by atoms with E-state index in [1.807, 2.05) is 30.3 Å². The zero-order valence-electron chi connectivity index (χ0n) is 11.4. The van der Waals surface area contributed by atoms with Gasteiger partial charge in [-0.2, -0.15) is 0 Å². The summed E-state index contributed by atoms with van der Waals surface area (Å²) in [6.45, 7) is 0. The molecule has 0 saturated carbocycles. The molecule has 3 nitrogen and oxygen atoms in total. The Bertz CT molecular complexity index is 840. The van der Waals surface area contributed by atoms with Crippen molar-refractivity contribution in [3.05, 3.63) is 59.7 Å². The van der Waals surface area contributed by atoms with E-state index in [4.69, 9.17) is 0 Å². The quantitative estimate of drug-likeness (QED) is 0.554. The molecule has 0 aromatic heterocycles. The van der Waals surface area contributed by atoms with Crippen molar-refractivity contribution in [2.24, 2.45) is 0 Å². The van der Waals surface area contributed by atoms with Crippen molar-refractivity contribution in [1.82, 2.24) is 0 Å². The first-order valence-electron chi connectivity index (χ1n) is 7.13. The Hall–Kier alpha value is -1.94. The highest BCUT2D eigenvalue weighted by molar-refractivity contribution is 6.07. The zero-order valence-corrected chi connectivity index (χ0v) is 11.4. The van der Waals surface area contributed by atoms with Crippen LogP contribution in [0.5, 0.6) is 0 Å². The van der Waals surface area contributed by atoms with Gasteiger partial charge in [-0.15, -0.1) is 0 Å². The smallest absolute Gasteiger partial charge is 0.110 e. The molecule has 1 aliphatic rings. The molecule has 3 N–H and O–H groups in total. The molecule has 0 radical (unpaired) electrons. The molecular formula is C18H16O3. The first kappa shape index (κ1) is 12.8. The third-order valence-corrected chi connectivity index (χ3v) is 4.47. The van der Waals surface area contributed by atoms with Gasteiger partial charge in [-0.3, -0.25) is 0 Å². The molecule has 3 atom stereocenters. The molecule has 0 spiro atoms. The van der Waals surface area contributed by atoms with Gasteiger partial charge in [0.1, 0.15) is 12.2 Å². The minimum atomic E-state index is -1.12. The maximum Gasteiger partial charge on any atom is 0.110 e. The Balaban J connectivity index is 2.03. The highest BCUT2D eigenvalue weighted by atomic mass is 16.4. The number of rotatable bonds is 0. The number of fused-ring (bicyclic) bond motifs is 4. The highest BCUT2D eigenvalue weighted by Gasteiger charge is 2.33. The first-order chi connectivity index (χ1) is 10.1. The summed E-state index contributed by atoms with van der Waals surface area (Å²) >= 11 is 0. The number of aliphatic hydroxyl groups is 3. The summed E-state index contributed by atoms with van der Waals surface area (Å²) in [6.07, 6.45) is -2.69. The van der Waals surface area contributed by atoms with E-state index in [0.29, 0.717) is 6.42 Å². The van der Waals surface area contributed by atoms with Gasteiger partial charge < -0.3 is 15.3 Å². The summed E-state index contributed by atoms with van der Waals surface area (Å²) in [6, 6.07) is 16.2. The van der Waals surface area contributed by atoms with Crippen LogP contribution in [0.15, 0.2) is 48.5 Å². The van der Waals surface area contributed by atoms with Crippen molar-refractivity contribution in [3.8, 4) is 0 Å². The molecule has 21 heavy (non-hydrogen) atoms. The molecule has 0 aliphatic heterocycles. The summed E-state index contributed by atoms with van der Waals surface area (Å²) in [5, 5.41) is 34.3. The predicted octanol–water partition coefficient (Wildman–Crippen LogP) is 2.30. The molecule has 3 aromatic carbocycles. The molecule has 4 rings (SSSR count). The Morgan fingerprint density at radius 1 is 0.810 bits per heavy atom. The lowest BCUT2D eigenvalue weighted by molar-refractivity contribution is -0.0684. The molecule has 3 aromatic rings. The normalized spacial score (nSPS) is 25.2. The lowest BCUT2D eigenvalue weighted by atomic mass is 9.83. The van der Waals surface area contributed by atoms with Gasteiger partial charge in [0.15, 0.2) is 0 Å². The number of hydrogen-bond acceptors (Lipinski definition) is 3. The third-order valence-electron chi connectivity index (χ3n) is 4.47. The molecule has 3 unspecified atom stereocenters. The van der Waals surface area contributed by atoms with Crippen LogP contribution in [0.1, 0.15) is 17.2 Å². The average Bonchev–Trinajstić information content (AvgIpc) is 2.51. The average molecular weight is 280 g/mol. The van der Waals surface area contributed by atoms with E-state index in [2.05, 4.69) is 18.2 Å². The van der Waals surface area contributed by atoms with Crippen LogP contribution in [0.25, 0.3) is 21.5 Å². The van der Waals surface area contributed by atoms with Crippen LogP contribution >= 0.6 is 0 Å². The second-order valence-corrected chi connectivity index (χ2v) is 5.77. The van der Waals surface area contributed by atoms with Gasteiger partial charge in [0.05, 0.1) is 6.10 Å². The second kappa shape index (κ2) is 4.53. The SMILES string of the molecule is OC1Cc2cc3c(ccc4ccccc43)cc2C(O)C1O. The molecule has 0 heterocycles. The van der Waals surface area contributed by atoms with Gasteiger partial charge in [0.2, 0.25) is 0 Å². The monoisotopic (exact) mass is 280 g/mol. The van der Waals surface area contributed by atoms with Crippen LogP contribution in [0.2, 0.25) is 0 Å². The predicted molar refractivity (Wildman–Crippen MR) is 82.1 cm³/mol. The fraction of sp³-hybridized carbons (Fsp3) is 0.222. The minimum Gasteiger partial charge on any atom is -0.390 e. The topological polar surface area (TPSA) is 60.7 Å². The standard InChI is InChI=1S/C18H16O3/c19-16-9-12-8-14-11(7-15(12)17(20)18(16)21)6-5-10-3-1-2-4-13(10)14/h1-8,16-21H,9H2. The van der Waals surface area contributed by atoms with Crippen molar-refractivity contribution in [1.29, 1.82) is 0 Å². The summed E-state index contributed by atoms with van der Waals surface area (Å²) in [4.78, 5) is 0. The largest absolute Gasteiger partial charge is 0.390 e. The van der Waals surface area contributed by atoms with Gasteiger partial charge in [0, 0.05) is 6.42 Å². The fourth-order valence-electron chi connectivity index (χ4n) is 3.31. The van der Waals surface area contributed by atoms with Crippen LogP contribution in [-0.4, -0.2) is 27.5 Å². The van der Waals surface area contributed by atoms with Crippen LogP contribution in [0.3, 0.4) is 0 Å². The van der Waals surface area contributed by atoms with E-state index >= 15 is 0 Å². The lowest BCUT2D eigenvalue weighted by Crippen LogP contribution is -2.38. The fourth-order valence-corrected chi connectivity index (χ4v) is 3.31. The number of aliphatic hydroxyl groups excluding tert-OH is 3. The Morgan fingerprint density at radius 3 is 2.43 bits per heavy atom. The molecule has 0 amide bonds. The van der Waals surface area contributed by atoms with Gasteiger partial charge in [-0.05, 0) is 38.7 Å². The van der Waals surface area contributed by atoms with Crippen molar-refractivity contribution in [2.45, 2.75) is 24.7 Å². The molecule has 106 valence electrons. The van der Waals surface area contributed by atoms with E-state index in [1.54, 1.807) is 0 Å². The van der Waals surface area contributed by atoms with Crippen LogP contribution in [0.4, 0.5) is 0 Å². The Morgan fingerprint density at radius 2 is 1.57 bits per heavy atom. The van der Waals surface area contributed by atoms with E-state index in [0.717, 1.165) is 27.3 Å². The molecular weight excluding hydrogens is 264 g/mol. The van der Waals surface area contributed by atoms with Crippen molar-refractivity contribution in [3.63, 3.8) is 0 Å². The molecule has 3 heteroatoms. The van der Waals surface area contributed by atoms with Crippen molar-refractivity contribution >= 4 is 21.5 Å². The molecule has 0 saturated heterocycles. The Kier molecular flexibility index (Phi) is 2.76. The van der Waals surface area contributed by atoms with Crippen LogP contribution in [0, 0.1) is 0 Å². The summed E-state index contributed by atoms with van der Waals surface area (Å²) in [5.74, 6) is 0. The Labute approximate surface area is 122 Å². The van der Waals surface area contributed by atoms with Gasteiger partial charge in [-0.25, -0.2) is 0 Å². The van der Waals surface area contributed by atoms with E-state index in [1.165, 1.54) is 5.39 Å². The van der Waals surface area contributed by atoms with Crippen molar-refractivity contribution < 1.29 is 15.3 Å². The second-order valence-electron chi connectivity index (χ2n) is 5.77. The van der Waals surface area contributed by atoms with Crippen molar-refractivity contribution in [2.75, 3.05) is 0 Å². The molecule has 0 fully saturated rings. The number of hydrogen-bond donors (Lipinski definition) is 3. The summed E-state index contributed by atoms with van der Waals surface area (Å²) in [5.41, 5.74) is 1.62. The van der Waals surface area contributed by atoms with Gasteiger partial charge in [-0.1, -0.05) is 42.5 Å². The van der Waals surface area contributed by atoms with E-state index in [-0.39, 0.29) is 0 Å². The number of benzene rings is 3. The highest BCUT2D eigenvalue weighted by Crippen LogP contribution is 2.35. The van der Waals surface area contributed by atoms with Crippen LogP contribution in [-0.2, 0) is 6.42 Å². The maximum atomic E-state index is 10.2.